The van der Waals surface area contributed by atoms with E-state index in [1.54, 1.807) is 23.9 Å². The number of esters is 1. The third-order valence-corrected chi connectivity index (χ3v) is 4.41. The van der Waals surface area contributed by atoms with Gasteiger partial charge in [0.25, 0.3) is 5.89 Å². The van der Waals surface area contributed by atoms with Gasteiger partial charge in [0.15, 0.2) is 6.61 Å². The Morgan fingerprint density at radius 3 is 2.77 bits per heavy atom. The first-order chi connectivity index (χ1) is 12.6. The Hall–Kier alpha value is -2.80. The van der Waals surface area contributed by atoms with Crippen molar-refractivity contribution >= 4 is 17.7 Å². The lowest BCUT2D eigenvalue weighted by Crippen LogP contribution is -2.07. The smallest absolute Gasteiger partial charge is 0.342 e. The van der Waals surface area contributed by atoms with E-state index in [9.17, 15) is 4.79 Å². The summed E-state index contributed by atoms with van der Waals surface area (Å²) >= 11 is 1.57. The van der Waals surface area contributed by atoms with Gasteiger partial charge in [0.05, 0.1) is 7.11 Å². The molecule has 0 unspecified atom stereocenters. The third kappa shape index (κ3) is 4.05. The molecule has 7 heteroatoms. The molecule has 0 N–H and O–H groups in total. The first-order valence-electron chi connectivity index (χ1n) is 7.89. The highest BCUT2D eigenvalue weighted by atomic mass is 32.2. The number of carbonyl (C=O) groups is 1. The second-order valence-corrected chi connectivity index (χ2v) is 6.39. The lowest BCUT2D eigenvalue weighted by atomic mass is 10.1. The van der Waals surface area contributed by atoms with Crippen LogP contribution < -0.4 is 4.74 Å². The largest absolute Gasteiger partial charge is 0.496 e. The average molecular weight is 370 g/mol. The molecule has 0 aliphatic rings. The molecule has 0 amide bonds. The quantitative estimate of drug-likeness (QED) is 0.477. The van der Waals surface area contributed by atoms with E-state index in [1.165, 1.54) is 7.11 Å². The van der Waals surface area contributed by atoms with Crippen LogP contribution in [0.5, 0.6) is 5.75 Å². The normalized spacial score (nSPS) is 10.6. The van der Waals surface area contributed by atoms with Crippen molar-refractivity contribution in [2.45, 2.75) is 18.4 Å². The molecular weight excluding hydrogens is 352 g/mol. The van der Waals surface area contributed by atoms with E-state index in [-0.39, 0.29) is 12.5 Å². The molecule has 0 bridgehead atoms. The van der Waals surface area contributed by atoms with Crippen LogP contribution in [0.3, 0.4) is 0 Å². The van der Waals surface area contributed by atoms with Crippen molar-refractivity contribution in [1.82, 2.24) is 10.2 Å². The van der Waals surface area contributed by atoms with Crippen molar-refractivity contribution in [3.05, 3.63) is 59.5 Å². The van der Waals surface area contributed by atoms with Gasteiger partial charge in [0.2, 0.25) is 5.89 Å². The van der Waals surface area contributed by atoms with E-state index in [4.69, 9.17) is 13.9 Å². The van der Waals surface area contributed by atoms with E-state index >= 15 is 0 Å². The molecule has 26 heavy (non-hydrogen) atoms. The van der Waals surface area contributed by atoms with Gasteiger partial charge in [-0.1, -0.05) is 17.7 Å². The van der Waals surface area contributed by atoms with E-state index in [1.807, 2.05) is 43.5 Å². The number of rotatable bonds is 6. The highest BCUT2D eigenvalue weighted by Gasteiger charge is 2.16. The summed E-state index contributed by atoms with van der Waals surface area (Å²) in [5.41, 5.74) is 2.27. The molecule has 3 aromatic rings. The molecule has 134 valence electrons. The van der Waals surface area contributed by atoms with Crippen molar-refractivity contribution in [3.8, 4) is 17.2 Å². The minimum Gasteiger partial charge on any atom is -0.496 e. The molecular formula is C19H18N2O4S. The van der Waals surface area contributed by atoms with Crippen LogP contribution >= 0.6 is 11.8 Å². The van der Waals surface area contributed by atoms with Gasteiger partial charge in [-0.2, -0.15) is 0 Å². The number of ether oxygens (including phenoxy) is 2. The van der Waals surface area contributed by atoms with Gasteiger partial charge in [-0.3, -0.25) is 0 Å². The van der Waals surface area contributed by atoms with Gasteiger partial charge < -0.3 is 13.9 Å². The van der Waals surface area contributed by atoms with Gasteiger partial charge in [0.1, 0.15) is 11.3 Å². The van der Waals surface area contributed by atoms with E-state index in [2.05, 4.69) is 10.2 Å². The van der Waals surface area contributed by atoms with Crippen molar-refractivity contribution in [1.29, 1.82) is 0 Å². The Bertz CT molecular complexity index is 923. The molecule has 0 saturated heterocycles. The molecule has 0 atom stereocenters. The molecule has 1 aromatic heterocycles. The summed E-state index contributed by atoms with van der Waals surface area (Å²) in [5.74, 6) is 0.578. The monoisotopic (exact) mass is 370 g/mol. The topological polar surface area (TPSA) is 74.5 Å². The maximum absolute atomic E-state index is 12.3. The van der Waals surface area contributed by atoms with Crippen LogP contribution in [0.1, 0.15) is 21.8 Å². The Morgan fingerprint density at radius 2 is 2.04 bits per heavy atom. The summed E-state index contributed by atoms with van der Waals surface area (Å²) in [7, 11) is 1.52. The van der Waals surface area contributed by atoms with Gasteiger partial charge in [-0.25, -0.2) is 4.79 Å². The van der Waals surface area contributed by atoms with Crippen LogP contribution in [0.4, 0.5) is 0 Å². The molecule has 6 nitrogen and oxygen atoms in total. The summed E-state index contributed by atoms with van der Waals surface area (Å²) in [5, 5.41) is 7.93. The van der Waals surface area contributed by atoms with Crippen molar-refractivity contribution in [2.75, 3.05) is 13.4 Å². The van der Waals surface area contributed by atoms with Crippen molar-refractivity contribution < 1.29 is 18.7 Å². The number of carbonyl (C=O) groups excluding carboxylic acids is 1. The number of thioether (sulfide) groups is 1. The van der Waals surface area contributed by atoms with E-state index < -0.39 is 5.97 Å². The average Bonchev–Trinajstić information content (AvgIpc) is 3.14. The highest BCUT2D eigenvalue weighted by molar-refractivity contribution is 7.98. The third-order valence-electron chi connectivity index (χ3n) is 3.69. The zero-order valence-electron chi connectivity index (χ0n) is 14.7. The summed E-state index contributed by atoms with van der Waals surface area (Å²) in [4.78, 5) is 13.3. The predicted molar refractivity (Wildman–Crippen MR) is 98.4 cm³/mol. The lowest BCUT2D eigenvalue weighted by molar-refractivity contribution is 0.0435. The number of hydrogen-bond donors (Lipinski definition) is 0. The van der Waals surface area contributed by atoms with Gasteiger partial charge in [-0.15, -0.1) is 22.0 Å². The van der Waals surface area contributed by atoms with Crippen LogP contribution in [0.15, 0.2) is 51.8 Å². The molecule has 0 aliphatic carbocycles. The summed E-state index contributed by atoms with van der Waals surface area (Å²) in [6, 6.07) is 13.0. The highest BCUT2D eigenvalue weighted by Crippen LogP contribution is 2.26. The summed E-state index contributed by atoms with van der Waals surface area (Å²) in [6.07, 6.45) is 1.95. The molecule has 1 heterocycles. The standard InChI is InChI=1S/C19H18N2O4S/c1-12-5-4-6-13(9-12)18-21-20-17(25-18)11-24-19(22)15-8-7-14(26-3)10-16(15)23-2/h4-10H,11H2,1-3H3. The molecule has 0 spiro atoms. The fourth-order valence-corrected chi connectivity index (χ4v) is 2.81. The first kappa shape index (κ1) is 18.0. The SMILES string of the molecule is COc1cc(SC)ccc1C(=O)OCc1nnc(-c2cccc(C)c2)o1. The number of aromatic nitrogens is 2. The summed E-state index contributed by atoms with van der Waals surface area (Å²) in [6.45, 7) is 1.88. The second kappa shape index (κ2) is 8.05. The second-order valence-electron chi connectivity index (χ2n) is 5.51. The van der Waals surface area contributed by atoms with Crippen molar-refractivity contribution in [2.24, 2.45) is 0 Å². The maximum Gasteiger partial charge on any atom is 0.342 e. The Kier molecular flexibility index (Phi) is 5.58. The molecule has 0 radical (unpaired) electrons. The van der Waals surface area contributed by atoms with E-state index in [0.717, 1.165) is 16.0 Å². The molecule has 0 fully saturated rings. The van der Waals surface area contributed by atoms with Crippen LogP contribution in [0.25, 0.3) is 11.5 Å². The van der Waals surface area contributed by atoms with Gasteiger partial charge in [0, 0.05) is 10.5 Å². The van der Waals surface area contributed by atoms with Gasteiger partial charge in [-0.05, 0) is 43.5 Å². The van der Waals surface area contributed by atoms with Crippen LogP contribution in [-0.2, 0) is 11.3 Å². The van der Waals surface area contributed by atoms with Crippen LogP contribution in [0.2, 0.25) is 0 Å². The minimum atomic E-state index is -0.509. The zero-order chi connectivity index (χ0) is 18.5. The Labute approximate surface area is 155 Å². The van der Waals surface area contributed by atoms with E-state index in [0.29, 0.717) is 17.2 Å². The van der Waals surface area contributed by atoms with Crippen LogP contribution in [0, 0.1) is 6.92 Å². The number of nitrogens with zero attached hydrogens (tertiary/aromatic N) is 2. The number of benzene rings is 2. The Morgan fingerprint density at radius 1 is 1.19 bits per heavy atom. The summed E-state index contributed by atoms with van der Waals surface area (Å²) < 4.78 is 16.1. The molecule has 2 aromatic carbocycles. The molecule has 0 saturated carbocycles. The van der Waals surface area contributed by atoms with Crippen LogP contribution in [-0.4, -0.2) is 29.5 Å². The molecule has 3 rings (SSSR count). The number of aryl methyl sites for hydroxylation is 1. The minimum absolute atomic E-state index is 0.106. The maximum atomic E-state index is 12.3. The number of hydrogen-bond acceptors (Lipinski definition) is 7. The number of methoxy groups -OCH3 is 1. The molecule has 0 aliphatic heterocycles. The van der Waals surface area contributed by atoms with Crippen molar-refractivity contribution in [3.63, 3.8) is 0 Å². The first-order valence-corrected chi connectivity index (χ1v) is 9.11. The fourth-order valence-electron chi connectivity index (χ4n) is 2.38. The Balaban J connectivity index is 1.69. The predicted octanol–water partition coefficient (Wildman–Crippen LogP) is 4.13. The fraction of sp³-hybridized carbons (Fsp3) is 0.211. The zero-order valence-corrected chi connectivity index (χ0v) is 15.5. The van der Waals surface area contributed by atoms with Gasteiger partial charge >= 0.3 is 5.97 Å². The lowest BCUT2D eigenvalue weighted by Gasteiger charge is -2.09.